The number of carboxylic acids is 1. The summed E-state index contributed by atoms with van der Waals surface area (Å²) in [6, 6.07) is 23.8. The zero-order valence-electron chi connectivity index (χ0n) is 21.9. The molecule has 37 heavy (non-hydrogen) atoms. The highest BCUT2D eigenvalue weighted by Crippen LogP contribution is 2.42. The summed E-state index contributed by atoms with van der Waals surface area (Å²) in [7, 11) is 0. The maximum atomic E-state index is 12.1. The molecule has 0 saturated carbocycles. The molecule has 5 heteroatoms. The number of carboxylic acid groups (broad SMARTS) is 1. The monoisotopic (exact) mass is 501 g/mol. The summed E-state index contributed by atoms with van der Waals surface area (Å²) in [5.74, 6) is -0.709. The van der Waals surface area contributed by atoms with E-state index < -0.39 is 17.7 Å². The second kappa shape index (κ2) is 12.0. The van der Waals surface area contributed by atoms with Crippen molar-refractivity contribution in [3.8, 4) is 0 Å². The second-order valence-electron chi connectivity index (χ2n) is 10.4. The number of carbonyl (C=O) groups is 1. The number of aliphatic hydroxyl groups excluding tert-OH is 1. The van der Waals surface area contributed by atoms with E-state index in [2.05, 4.69) is 4.90 Å². The Hall–Kier alpha value is -2.99. The van der Waals surface area contributed by atoms with E-state index in [4.69, 9.17) is 5.11 Å². The van der Waals surface area contributed by atoms with Crippen LogP contribution in [-0.2, 0) is 16.8 Å². The lowest BCUT2D eigenvalue weighted by atomic mass is 9.72. The highest BCUT2D eigenvalue weighted by Gasteiger charge is 2.41. The number of nitrogens with zero attached hydrogens (tertiary/aromatic N) is 1. The maximum Gasteiger partial charge on any atom is 0.307 e. The molecule has 0 unspecified atom stereocenters. The summed E-state index contributed by atoms with van der Waals surface area (Å²) < 4.78 is 0. The van der Waals surface area contributed by atoms with Crippen LogP contribution >= 0.6 is 0 Å². The van der Waals surface area contributed by atoms with E-state index >= 15 is 0 Å². The van der Waals surface area contributed by atoms with Crippen molar-refractivity contribution in [2.75, 3.05) is 19.6 Å². The Balaban J connectivity index is 1.34. The van der Waals surface area contributed by atoms with Gasteiger partial charge in [-0.3, -0.25) is 4.79 Å². The van der Waals surface area contributed by atoms with E-state index in [-0.39, 0.29) is 12.3 Å². The molecule has 0 amide bonds. The molecule has 0 aliphatic carbocycles. The van der Waals surface area contributed by atoms with Gasteiger partial charge in [-0.25, -0.2) is 0 Å². The molecule has 4 rings (SSSR count). The summed E-state index contributed by atoms with van der Waals surface area (Å²) in [4.78, 5) is 13.5. The Morgan fingerprint density at radius 2 is 1.49 bits per heavy atom. The minimum Gasteiger partial charge on any atom is -0.481 e. The number of piperidine rings is 1. The van der Waals surface area contributed by atoms with Crippen molar-refractivity contribution in [1.82, 2.24) is 4.90 Å². The van der Waals surface area contributed by atoms with Gasteiger partial charge in [-0.1, -0.05) is 72.8 Å². The van der Waals surface area contributed by atoms with Crippen LogP contribution in [0.4, 0.5) is 0 Å². The van der Waals surface area contributed by atoms with Gasteiger partial charge in [0.1, 0.15) is 5.60 Å². The van der Waals surface area contributed by atoms with Gasteiger partial charge in [-0.15, -0.1) is 0 Å². The van der Waals surface area contributed by atoms with Crippen molar-refractivity contribution in [2.45, 2.75) is 57.7 Å². The van der Waals surface area contributed by atoms with Crippen LogP contribution in [0.3, 0.4) is 0 Å². The predicted molar refractivity (Wildman–Crippen MR) is 146 cm³/mol. The molecule has 1 fully saturated rings. The van der Waals surface area contributed by atoms with Crippen molar-refractivity contribution in [3.05, 3.63) is 106 Å². The lowest BCUT2D eigenvalue weighted by Crippen LogP contribution is -2.44. The van der Waals surface area contributed by atoms with Crippen LogP contribution in [0.5, 0.6) is 0 Å². The number of aliphatic carboxylic acids is 1. The highest BCUT2D eigenvalue weighted by atomic mass is 16.4. The van der Waals surface area contributed by atoms with Crippen molar-refractivity contribution in [3.63, 3.8) is 0 Å². The van der Waals surface area contributed by atoms with E-state index in [1.165, 1.54) is 0 Å². The number of hydrogen-bond donors (Lipinski definition) is 3. The Bertz CT molecular complexity index is 1130. The largest absolute Gasteiger partial charge is 0.481 e. The molecule has 0 spiro atoms. The first-order valence-corrected chi connectivity index (χ1v) is 13.3. The van der Waals surface area contributed by atoms with Gasteiger partial charge in [0.25, 0.3) is 0 Å². The fourth-order valence-electron chi connectivity index (χ4n) is 5.87. The number of rotatable bonds is 10. The minimum atomic E-state index is -1.01. The lowest BCUT2D eigenvalue weighted by molar-refractivity contribution is -0.136. The molecule has 0 bridgehead atoms. The molecule has 1 aliphatic rings. The van der Waals surface area contributed by atoms with Crippen LogP contribution < -0.4 is 0 Å². The molecule has 1 atom stereocenters. The summed E-state index contributed by atoms with van der Waals surface area (Å²) in [6.45, 7) is 6.65. The Morgan fingerprint density at radius 1 is 0.919 bits per heavy atom. The minimum absolute atomic E-state index is 0.00265. The molecule has 1 saturated heterocycles. The maximum absolute atomic E-state index is 12.1. The number of aliphatic hydroxyl groups is 2. The van der Waals surface area contributed by atoms with E-state index in [0.29, 0.717) is 6.42 Å². The van der Waals surface area contributed by atoms with Gasteiger partial charge < -0.3 is 20.2 Å². The van der Waals surface area contributed by atoms with E-state index in [0.717, 1.165) is 72.3 Å². The first-order valence-electron chi connectivity index (χ1n) is 13.3. The zero-order valence-corrected chi connectivity index (χ0v) is 21.9. The smallest absolute Gasteiger partial charge is 0.307 e. The van der Waals surface area contributed by atoms with Crippen molar-refractivity contribution >= 4 is 5.97 Å². The Morgan fingerprint density at radius 3 is 2.03 bits per heavy atom. The van der Waals surface area contributed by atoms with Crippen LogP contribution in [0.1, 0.15) is 65.2 Å². The van der Waals surface area contributed by atoms with E-state index in [1.807, 2.05) is 86.6 Å². The quantitative estimate of drug-likeness (QED) is 0.347. The van der Waals surface area contributed by atoms with Crippen molar-refractivity contribution in [2.24, 2.45) is 5.92 Å². The third kappa shape index (κ3) is 6.12. The van der Waals surface area contributed by atoms with Crippen LogP contribution in [0.15, 0.2) is 72.8 Å². The summed E-state index contributed by atoms with van der Waals surface area (Å²) in [5.41, 5.74) is 4.51. The molecule has 1 aliphatic heterocycles. The van der Waals surface area contributed by atoms with Crippen LogP contribution in [0, 0.1) is 19.8 Å². The number of hydrogen-bond acceptors (Lipinski definition) is 4. The summed E-state index contributed by atoms with van der Waals surface area (Å²) in [5, 5.41) is 32.0. The van der Waals surface area contributed by atoms with Crippen LogP contribution in [-0.4, -0.2) is 45.8 Å². The van der Waals surface area contributed by atoms with Crippen LogP contribution in [0.2, 0.25) is 0 Å². The normalized spacial score (nSPS) is 16.0. The summed E-state index contributed by atoms with van der Waals surface area (Å²) in [6.07, 6.45) is 2.80. The van der Waals surface area contributed by atoms with E-state index in [9.17, 15) is 15.0 Å². The summed E-state index contributed by atoms with van der Waals surface area (Å²) >= 11 is 0. The van der Waals surface area contributed by atoms with Crippen LogP contribution in [0.25, 0.3) is 0 Å². The second-order valence-corrected chi connectivity index (χ2v) is 10.4. The first kappa shape index (κ1) is 27.1. The third-order valence-corrected chi connectivity index (χ3v) is 8.20. The van der Waals surface area contributed by atoms with Gasteiger partial charge in [-0.05, 0) is 98.5 Å². The van der Waals surface area contributed by atoms with Gasteiger partial charge in [-0.2, -0.15) is 0 Å². The van der Waals surface area contributed by atoms with Crippen molar-refractivity contribution < 1.29 is 20.1 Å². The fourth-order valence-corrected chi connectivity index (χ4v) is 5.87. The molecule has 3 aromatic rings. The molecule has 5 nitrogen and oxygen atoms in total. The highest BCUT2D eigenvalue weighted by molar-refractivity contribution is 5.71. The first-order chi connectivity index (χ1) is 17.8. The molecular weight excluding hydrogens is 462 g/mol. The molecule has 3 aromatic carbocycles. The molecule has 0 radical (unpaired) electrons. The topological polar surface area (TPSA) is 81.0 Å². The van der Waals surface area contributed by atoms with Gasteiger partial charge in [0.15, 0.2) is 0 Å². The van der Waals surface area contributed by atoms with Gasteiger partial charge in [0, 0.05) is 0 Å². The molecule has 0 aromatic heterocycles. The average Bonchev–Trinajstić information content (AvgIpc) is 2.92. The Kier molecular flexibility index (Phi) is 8.80. The third-order valence-electron chi connectivity index (χ3n) is 8.20. The SMILES string of the molecule is Cc1c(CC(=O)O)ccc([C@H](O)CCCN2CCC(C(O)(c3ccccc3)c3ccccc3)CC2)c1C. The molecule has 196 valence electrons. The zero-order chi connectivity index (χ0) is 26.4. The van der Waals surface area contributed by atoms with Gasteiger partial charge in [0.05, 0.1) is 12.5 Å². The molecule has 1 heterocycles. The molecule has 3 N–H and O–H groups in total. The predicted octanol–water partition coefficient (Wildman–Crippen LogP) is 5.39. The number of likely N-dealkylation sites (tertiary alicyclic amines) is 1. The van der Waals surface area contributed by atoms with Gasteiger partial charge in [0.2, 0.25) is 0 Å². The molecular formula is C32H39NO4. The average molecular weight is 502 g/mol. The number of benzene rings is 3. The van der Waals surface area contributed by atoms with Crippen molar-refractivity contribution in [1.29, 1.82) is 0 Å². The van der Waals surface area contributed by atoms with E-state index in [1.54, 1.807) is 0 Å². The fraction of sp³-hybridized carbons (Fsp3) is 0.406. The standard InChI is InChI=1S/C32H39NO4/c1-23-24(2)29(16-15-25(23)22-31(35)36)30(34)14-9-19-33-20-17-28(18-21-33)32(37,26-10-5-3-6-11-26)27-12-7-4-8-13-27/h3-8,10-13,15-16,28,30,34,37H,9,14,17-22H2,1-2H3,(H,35,36)/t30-/m1/s1. The lowest BCUT2D eigenvalue weighted by Gasteiger charge is -2.42. The Labute approximate surface area is 220 Å². The van der Waals surface area contributed by atoms with Gasteiger partial charge >= 0.3 is 5.97 Å².